The van der Waals surface area contributed by atoms with Crippen molar-refractivity contribution in [2.75, 3.05) is 38.8 Å². The molecule has 6 rings (SSSR count). The van der Waals surface area contributed by atoms with E-state index >= 15 is 0 Å². The SMILES string of the molecule is CCCCCCCCCCCCCCCCCCOC[C@H](COP(=O)(OC[C@@]1(C#N)OC[C@]2(c3ccc4c(N)ncnn34)OC(C)(C)O[C@H]12)Oc1ccccc1Cl)OCc1ccc(C#N)c(Cl)c1. The zero-order valence-electron chi connectivity index (χ0n) is 39.7. The number of aromatic nitrogens is 3. The Hall–Kier alpha value is -3.83. The lowest BCUT2D eigenvalue weighted by Gasteiger charge is -2.30. The summed E-state index contributed by atoms with van der Waals surface area (Å²) < 4.78 is 66.2. The van der Waals surface area contributed by atoms with Gasteiger partial charge in [0.1, 0.15) is 48.5 Å². The molecule has 4 aromatic rings. The van der Waals surface area contributed by atoms with E-state index in [1.165, 1.54) is 95.9 Å². The molecule has 0 aliphatic carbocycles. The highest BCUT2D eigenvalue weighted by molar-refractivity contribution is 7.49. The lowest BCUT2D eigenvalue weighted by Crippen LogP contribution is -2.49. The molecule has 0 saturated carbocycles. The van der Waals surface area contributed by atoms with E-state index in [0.29, 0.717) is 34.0 Å². The number of ether oxygens (including phenoxy) is 5. The topological polar surface area (TPSA) is 195 Å². The van der Waals surface area contributed by atoms with Crippen molar-refractivity contribution in [3.63, 3.8) is 0 Å². The second-order valence-electron chi connectivity index (χ2n) is 18.1. The predicted molar refractivity (Wildman–Crippen MR) is 260 cm³/mol. The van der Waals surface area contributed by atoms with Crippen LogP contribution in [0, 0.1) is 22.7 Å². The highest BCUT2D eigenvalue weighted by Gasteiger charge is 2.70. The summed E-state index contributed by atoms with van der Waals surface area (Å²) in [5, 5.41) is 25.1. The summed E-state index contributed by atoms with van der Waals surface area (Å²) in [5.74, 6) is -0.925. The summed E-state index contributed by atoms with van der Waals surface area (Å²) in [6.07, 6.45) is 19.8. The van der Waals surface area contributed by atoms with E-state index in [1.54, 1.807) is 66.9 Å². The second kappa shape index (κ2) is 25.9. The molecular weight excluding hydrogens is 930 g/mol. The van der Waals surface area contributed by atoms with E-state index < -0.39 is 43.6 Å². The number of nitrogens with zero attached hydrogens (tertiary/aromatic N) is 5. The number of phosphoric ester groups is 1. The first-order valence-corrected chi connectivity index (χ1v) is 26.3. The fourth-order valence-electron chi connectivity index (χ4n) is 8.70. The third-order valence-corrected chi connectivity index (χ3v) is 14.3. The Labute approximate surface area is 411 Å². The number of nitriles is 2. The highest BCUT2D eigenvalue weighted by atomic mass is 35.5. The number of nitrogens with two attached hydrogens (primary N) is 1. The van der Waals surface area contributed by atoms with E-state index in [-0.39, 0.29) is 43.0 Å². The maximum absolute atomic E-state index is 14.9. The molecule has 2 fully saturated rings. The Bertz CT molecular complexity index is 2360. The number of fused-ring (bicyclic) bond motifs is 2. The van der Waals surface area contributed by atoms with Gasteiger partial charge in [0.2, 0.25) is 5.60 Å². The number of phosphoric acid groups is 1. The summed E-state index contributed by atoms with van der Waals surface area (Å²) in [6.45, 7) is 5.25. The van der Waals surface area contributed by atoms with Crippen LogP contribution in [0.4, 0.5) is 5.82 Å². The Morgan fingerprint density at radius 3 is 2.21 bits per heavy atom. The molecule has 68 heavy (non-hydrogen) atoms. The van der Waals surface area contributed by atoms with Gasteiger partial charge in [-0.15, -0.1) is 0 Å². The maximum atomic E-state index is 14.9. The van der Waals surface area contributed by atoms with Crippen LogP contribution in [0.1, 0.15) is 140 Å². The number of rotatable bonds is 31. The zero-order valence-corrected chi connectivity index (χ0v) is 42.1. The lowest BCUT2D eigenvalue weighted by atomic mass is 9.86. The first-order valence-electron chi connectivity index (χ1n) is 24.1. The smallest absolute Gasteiger partial charge is 0.402 e. The van der Waals surface area contributed by atoms with E-state index in [2.05, 4.69) is 29.1 Å². The summed E-state index contributed by atoms with van der Waals surface area (Å²) in [5.41, 5.74) is 4.96. The van der Waals surface area contributed by atoms with Crippen molar-refractivity contribution in [3.8, 4) is 17.9 Å². The van der Waals surface area contributed by atoms with Gasteiger partial charge < -0.3 is 33.9 Å². The Balaban J connectivity index is 1.07. The van der Waals surface area contributed by atoms with Gasteiger partial charge in [-0.05, 0) is 62.2 Å². The number of hydrogen-bond acceptors (Lipinski definition) is 14. The Morgan fingerprint density at radius 2 is 1.56 bits per heavy atom. The van der Waals surface area contributed by atoms with Gasteiger partial charge in [-0.1, -0.05) is 145 Å². The van der Waals surface area contributed by atoms with E-state index in [1.807, 2.05) is 0 Å². The van der Waals surface area contributed by atoms with Crippen LogP contribution >= 0.6 is 31.0 Å². The first kappa shape index (κ1) is 53.5. The molecule has 0 spiro atoms. The van der Waals surface area contributed by atoms with Gasteiger partial charge in [0, 0.05) is 6.61 Å². The van der Waals surface area contributed by atoms with Crippen LogP contribution in [0.5, 0.6) is 5.75 Å². The third-order valence-electron chi connectivity index (χ3n) is 12.3. The van der Waals surface area contributed by atoms with Gasteiger partial charge in [0.05, 0.1) is 47.7 Å². The third kappa shape index (κ3) is 14.4. The van der Waals surface area contributed by atoms with Crippen LogP contribution in [0.15, 0.2) is 60.9 Å². The van der Waals surface area contributed by atoms with Crippen LogP contribution in [0.3, 0.4) is 0 Å². The lowest BCUT2D eigenvalue weighted by molar-refractivity contribution is -0.202. The number of anilines is 1. The summed E-state index contributed by atoms with van der Waals surface area (Å²) in [6, 6.07) is 19.2. The number of benzene rings is 2. The summed E-state index contributed by atoms with van der Waals surface area (Å²) in [7, 11) is -4.67. The molecule has 15 nitrogen and oxygen atoms in total. The average molecular weight is 998 g/mol. The van der Waals surface area contributed by atoms with Crippen LogP contribution in [0.2, 0.25) is 10.0 Å². The molecule has 0 bridgehead atoms. The van der Waals surface area contributed by atoms with Crippen molar-refractivity contribution < 1.29 is 41.8 Å². The quantitative estimate of drug-likeness (QED) is 0.0369. The largest absolute Gasteiger partial charge is 0.530 e. The van der Waals surface area contributed by atoms with Crippen molar-refractivity contribution >= 4 is 42.4 Å². The normalized spacial score (nSPS) is 21.0. The van der Waals surface area contributed by atoms with Gasteiger partial charge in [-0.25, -0.2) is 14.1 Å². The van der Waals surface area contributed by atoms with Crippen molar-refractivity contribution in [3.05, 3.63) is 87.8 Å². The minimum absolute atomic E-state index is 0.0214. The highest BCUT2D eigenvalue weighted by Crippen LogP contribution is 2.57. The molecule has 2 aliphatic rings. The van der Waals surface area contributed by atoms with E-state index in [0.717, 1.165) is 19.3 Å². The van der Waals surface area contributed by atoms with Crippen LogP contribution in [-0.2, 0) is 49.5 Å². The molecule has 2 saturated heterocycles. The molecule has 4 heterocycles. The van der Waals surface area contributed by atoms with E-state index in [9.17, 15) is 15.1 Å². The summed E-state index contributed by atoms with van der Waals surface area (Å²) >= 11 is 12.8. The standard InChI is InChI=1S/C50H67Cl2N6O9P/c1-4-5-6-7-8-9-10-11-12-13-14-15-16-17-18-21-28-60-32-40(61-31-38-24-25-39(30-53)42(52)29-38)33-63-68(59,66-44-23-20-19-22-41(44)51)64-35-49(34-54)47-50(36-62-49,67-48(2,3)65-47)45-27-26-43-46(55)56-37-57-58(43)45/h19-20,22-27,29,37,40,47H,4-18,21,28,31-33,35-36H2,1-3H3,(H2,55,56,57)/t40-,47-,49-,50-,68?/m1/s1. The molecule has 2 N–H and O–H groups in total. The fourth-order valence-corrected chi connectivity index (χ4v) is 10.5. The Kier molecular flexibility index (Phi) is 20.4. The van der Waals surface area contributed by atoms with Gasteiger partial charge >= 0.3 is 7.82 Å². The van der Waals surface area contributed by atoms with E-state index in [4.69, 9.17) is 66.2 Å². The van der Waals surface area contributed by atoms with Crippen LogP contribution in [-0.4, -0.2) is 71.2 Å². The number of hydrogen-bond donors (Lipinski definition) is 1. The molecule has 0 amide bonds. The molecule has 5 atom stereocenters. The van der Waals surface area contributed by atoms with Gasteiger partial charge in [0.15, 0.2) is 17.2 Å². The Morgan fingerprint density at radius 1 is 0.882 bits per heavy atom. The number of halogens is 2. The fraction of sp³-hybridized carbons (Fsp3) is 0.600. The monoisotopic (exact) mass is 996 g/mol. The molecule has 370 valence electrons. The number of nitrogen functional groups attached to an aromatic ring is 1. The minimum Gasteiger partial charge on any atom is -0.402 e. The molecule has 2 aromatic heterocycles. The molecule has 18 heteroatoms. The maximum Gasteiger partial charge on any atom is 0.530 e. The second-order valence-corrected chi connectivity index (χ2v) is 20.5. The molecule has 0 radical (unpaired) electrons. The van der Waals surface area contributed by atoms with Gasteiger partial charge in [-0.3, -0.25) is 9.05 Å². The van der Waals surface area contributed by atoms with Gasteiger partial charge in [-0.2, -0.15) is 15.6 Å². The molecule has 1 unspecified atom stereocenters. The molecular formula is C50H67Cl2N6O9P. The molecule has 2 aliphatic heterocycles. The minimum atomic E-state index is -4.67. The van der Waals surface area contributed by atoms with Crippen LogP contribution < -0.4 is 10.3 Å². The van der Waals surface area contributed by atoms with Crippen molar-refractivity contribution in [1.82, 2.24) is 14.6 Å². The first-order chi connectivity index (χ1) is 32.9. The van der Waals surface area contributed by atoms with Crippen molar-refractivity contribution in [2.45, 2.75) is 159 Å². The average Bonchev–Trinajstić information content (AvgIpc) is 3.98. The molecule has 2 aromatic carbocycles. The number of unbranched alkanes of at least 4 members (excludes halogenated alkanes) is 15. The summed E-state index contributed by atoms with van der Waals surface area (Å²) in [4.78, 5) is 4.09. The number of para-hydroxylation sites is 1. The predicted octanol–water partition coefficient (Wildman–Crippen LogP) is 12.2. The van der Waals surface area contributed by atoms with Crippen LogP contribution in [0.25, 0.3) is 5.52 Å². The van der Waals surface area contributed by atoms with Crippen molar-refractivity contribution in [1.29, 1.82) is 10.5 Å². The zero-order chi connectivity index (χ0) is 48.5. The van der Waals surface area contributed by atoms with Gasteiger partial charge in [0.25, 0.3) is 0 Å². The van der Waals surface area contributed by atoms with Crippen molar-refractivity contribution in [2.24, 2.45) is 0 Å².